The summed E-state index contributed by atoms with van der Waals surface area (Å²) in [4.78, 5) is 28.9. The normalized spacial score (nSPS) is 16.2. The highest BCUT2D eigenvalue weighted by atomic mass is 16.3. The number of hydrogen-bond donors (Lipinski definition) is 1. The van der Waals surface area contributed by atoms with E-state index in [0.717, 1.165) is 4.90 Å². The second-order valence-corrected chi connectivity index (χ2v) is 4.36. The van der Waals surface area contributed by atoms with Gasteiger partial charge in [0.1, 0.15) is 0 Å². The number of aliphatic imine (C=N–C) groups is 1. The first-order chi connectivity index (χ1) is 10.1. The van der Waals surface area contributed by atoms with Crippen LogP contribution in [0.15, 0.2) is 29.3 Å². The van der Waals surface area contributed by atoms with Gasteiger partial charge in [0, 0.05) is 0 Å². The number of nitrogens with zero attached hydrogens (tertiary/aromatic N) is 5. The number of tetrazole rings is 1. The van der Waals surface area contributed by atoms with Crippen molar-refractivity contribution in [3.63, 3.8) is 0 Å². The fraction of sp³-hybridized carbons (Fsp3) is 0.167. The summed E-state index contributed by atoms with van der Waals surface area (Å²) in [6.07, 6.45) is 0. The summed E-state index contributed by atoms with van der Waals surface area (Å²) < 4.78 is 0. The molecule has 0 saturated carbocycles. The van der Waals surface area contributed by atoms with Gasteiger partial charge in [-0.05, 0) is 30.2 Å². The van der Waals surface area contributed by atoms with E-state index in [-0.39, 0.29) is 17.1 Å². The van der Waals surface area contributed by atoms with Gasteiger partial charge in [-0.2, -0.15) is 5.21 Å². The molecule has 0 bridgehead atoms. The lowest BCUT2D eigenvalue weighted by Gasteiger charge is -2.26. The Kier molecular flexibility index (Phi) is 2.94. The Hall–Kier alpha value is -3.10. The van der Waals surface area contributed by atoms with Crippen molar-refractivity contribution < 1.29 is 14.7 Å². The summed E-state index contributed by atoms with van der Waals surface area (Å²) in [7, 11) is 0. The zero-order valence-corrected chi connectivity index (χ0v) is 10.8. The van der Waals surface area contributed by atoms with Crippen LogP contribution >= 0.6 is 0 Å². The Morgan fingerprint density at radius 3 is 2.43 bits per heavy atom. The van der Waals surface area contributed by atoms with E-state index in [0.29, 0.717) is 0 Å². The number of aromatic amines is 1. The molecular weight excluding hydrogens is 276 g/mol. The zero-order valence-electron chi connectivity index (χ0n) is 10.8. The molecule has 1 atom stereocenters. The number of nitrogens with one attached hydrogen (secondary N) is 1. The lowest BCUT2D eigenvalue weighted by atomic mass is 10.1. The van der Waals surface area contributed by atoms with Crippen molar-refractivity contribution in [3.8, 4) is 0 Å². The van der Waals surface area contributed by atoms with Crippen LogP contribution in [0.5, 0.6) is 0 Å². The van der Waals surface area contributed by atoms with Crippen molar-refractivity contribution in [3.05, 3.63) is 35.4 Å². The number of imide groups is 1. The first kappa shape index (κ1) is 12.9. The summed E-state index contributed by atoms with van der Waals surface area (Å²) in [6.45, 7) is 1.42. The molecule has 2 aromatic rings. The Morgan fingerprint density at radius 1 is 1.29 bits per heavy atom. The van der Waals surface area contributed by atoms with Gasteiger partial charge in [0.15, 0.2) is 0 Å². The third-order valence-electron chi connectivity index (χ3n) is 3.11. The number of fused-ring (bicyclic) bond motifs is 1. The lowest BCUT2D eigenvalue weighted by molar-refractivity contribution is -0.222. The van der Waals surface area contributed by atoms with Crippen molar-refractivity contribution in [1.82, 2.24) is 25.5 Å². The van der Waals surface area contributed by atoms with Crippen LogP contribution in [0.2, 0.25) is 0 Å². The minimum Gasteiger partial charge on any atom is -0.860 e. The number of amides is 2. The number of carbonyl (C=O) groups excluding carboxylic acids is 2. The number of H-pyrrole nitrogens is 1. The van der Waals surface area contributed by atoms with Crippen LogP contribution in [0, 0.1) is 0 Å². The standard InChI is InChI=1S/C12H10N6O3/c1-6(9(19)13-12-14-16-17-15-12)18-10(20)7-4-2-3-5-8(7)11(18)21/h2-6H,1H3,(H2,13,14,15,16,17,19)/p-1/t6-/m0/s1. The molecule has 0 saturated heterocycles. The van der Waals surface area contributed by atoms with Crippen molar-refractivity contribution in [2.75, 3.05) is 0 Å². The van der Waals surface area contributed by atoms with Gasteiger partial charge >= 0.3 is 0 Å². The largest absolute Gasteiger partial charge is 0.860 e. The Morgan fingerprint density at radius 2 is 1.90 bits per heavy atom. The maximum absolute atomic E-state index is 12.2. The summed E-state index contributed by atoms with van der Waals surface area (Å²) in [6, 6.07) is 5.36. The Labute approximate surface area is 118 Å². The highest BCUT2D eigenvalue weighted by Gasteiger charge is 2.38. The number of hydrogen-bond acceptors (Lipinski definition) is 7. The van der Waals surface area contributed by atoms with E-state index < -0.39 is 23.8 Å². The SMILES string of the molecule is C[C@@H](C([O-])=Nc1nn[nH]n1)N1C(=O)c2ccccc2C1=O. The first-order valence-corrected chi connectivity index (χ1v) is 6.05. The smallest absolute Gasteiger partial charge is 0.288 e. The molecular formula is C12H9N6O3-. The van der Waals surface area contributed by atoms with Crippen LogP contribution in [-0.4, -0.2) is 49.3 Å². The van der Waals surface area contributed by atoms with E-state index in [2.05, 4.69) is 25.6 Å². The Balaban J connectivity index is 1.92. The van der Waals surface area contributed by atoms with Gasteiger partial charge in [0.25, 0.3) is 17.8 Å². The topological polar surface area (TPSA) is 127 Å². The van der Waals surface area contributed by atoms with Crippen LogP contribution < -0.4 is 5.11 Å². The summed E-state index contributed by atoms with van der Waals surface area (Å²) in [5, 5.41) is 24.5. The molecule has 1 aliphatic rings. The monoisotopic (exact) mass is 285 g/mol. The molecule has 2 amide bonds. The molecule has 0 unspecified atom stereocenters. The minimum atomic E-state index is -1.05. The predicted octanol–water partition coefficient (Wildman–Crippen LogP) is -0.725. The maximum atomic E-state index is 12.2. The van der Waals surface area contributed by atoms with E-state index in [9.17, 15) is 14.7 Å². The zero-order chi connectivity index (χ0) is 15.0. The molecule has 1 aliphatic heterocycles. The average molecular weight is 285 g/mol. The number of rotatable bonds is 3. The summed E-state index contributed by atoms with van der Waals surface area (Å²) in [5.74, 6) is -1.88. The first-order valence-electron chi connectivity index (χ1n) is 6.05. The molecule has 21 heavy (non-hydrogen) atoms. The highest BCUT2D eigenvalue weighted by Crippen LogP contribution is 2.24. The fourth-order valence-electron chi connectivity index (χ4n) is 2.07. The maximum Gasteiger partial charge on any atom is 0.288 e. The number of aromatic nitrogens is 4. The molecule has 1 aromatic carbocycles. The van der Waals surface area contributed by atoms with Gasteiger partial charge in [-0.3, -0.25) is 14.5 Å². The molecule has 0 aliphatic carbocycles. The molecule has 9 nitrogen and oxygen atoms in total. The van der Waals surface area contributed by atoms with E-state index in [1.54, 1.807) is 24.3 Å². The van der Waals surface area contributed by atoms with Crippen LogP contribution in [0.25, 0.3) is 0 Å². The Bertz CT molecular complexity index is 704. The van der Waals surface area contributed by atoms with Gasteiger partial charge < -0.3 is 5.11 Å². The van der Waals surface area contributed by atoms with E-state index in [1.165, 1.54) is 6.92 Å². The molecule has 0 radical (unpaired) electrons. The van der Waals surface area contributed by atoms with Crippen LogP contribution in [0.1, 0.15) is 27.6 Å². The minimum absolute atomic E-state index is 0.150. The van der Waals surface area contributed by atoms with Gasteiger partial charge in [0.05, 0.1) is 17.2 Å². The third kappa shape index (κ3) is 2.04. The second-order valence-electron chi connectivity index (χ2n) is 4.36. The molecule has 3 rings (SSSR count). The molecule has 0 fully saturated rings. The van der Waals surface area contributed by atoms with Gasteiger partial charge in [-0.15, -0.1) is 5.10 Å². The van der Waals surface area contributed by atoms with Gasteiger partial charge in [-0.25, -0.2) is 4.99 Å². The summed E-state index contributed by atoms with van der Waals surface area (Å²) in [5.41, 5.74) is 0.559. The van der Waals surface area contributed by atoms with E-state index in [1.807, 2.05) is 0 Å². The molecule has 0 spiro atoms. The second kappa shape index (κ2) is 4.78. The van der Waals surface area contributed by atoms with E-state index in [4.69, 9.17) is 0 Å². The quantitative estimate of drug-likeness (QED) is 0.450. The number of carbonyl (C=O) groups is 2. The fourth-order valence-corrected chi connectivity index (χ4v) is 2.07. The number of benzene rings is 1. The lowest BCUT2D eigenvalue weighted by Crippen LogP contribution is -2.47. The molecule has 1 N–H and O–H groups in total. The van der Waals surface area contributed by atoms with Gasteiger partial charge in [-0.1, -0.05) is 17.2 Å². The van der Waals surface area contributed by atoms with Crippen molar-refractivity contribution >= 4 is 23.7 Å². The molecule has 1 aromatic heterocycles. The van der Waals surface area contributed by atoms with Crippen molar-refractivity contribution in [2.24, 2.45) is 4.99 Å². The predicted molar refractivity (Wildman–Crippen MR) is 67.7 cm³/mol. The van der Waals surface area contributed by atoms with Crippen molar-refractivity contribution in [2.45, 2.75) is 13.0 Å². The third-order valence-corrected chi connectivity index (χ3v) is 3.11. The van der Waals surface area contributed by atoms with E-state index >= 15 is 0 Å². The highest BCUT2D eigenvalue weighted by molar-refractivity contribution is 6.22. The summed E-state index contributed by atoms with van der Waals surface area (Å²) >= 11 is 0. The molecule has 9 heteroatoms. The van der Waals surface area contributed by atoms with Crippen molar-refractivity contribution in [1.29, 1.82) is 0 Å². The van der Waals surface area contributed by atoms with Gasteiger partial charge in [0.2, 0.25) is 0 Å². The molecule has 106 valence electrons. The van der Waals surface area contributed by atoms with Crippen LogP contribution in [0.3, 0.4) is 0 Å². The van der Waals surface area contributed by atoms with Crippen LogP contribution in [0.4, 0.5) is 5.95 Å². The molecule has 2 heterocycles. The van der Waals surface area contributed by atoms with Crippen LogP contribution in [-0.2, 0) is 0 Å². The average Bonchev–Trinajstić information content (AvgIpc) is 3.07.